The van der Waals surface area contributed by atoms with Crippen LogP contribution in [0.1, 0.15) is 24.4 Å². The lowest BCUT2D eigenvalue weighted by molar-refractivity contribution is -0.185. The molecule has 1 aromatic rings. The number of hydrogen-bond acceptors (Lipinski definition) is 4. The van der Waals surface area contributed by atoms with E-state index in [4.69, 9.17) is 5.73 Å². The summed E-state index contributed by atoms with van der Waals surface area (Å²) in [5.74, 6) is -0.206. The maximum absolute atomic E-state index is 12.5. The standard InChI is InChI=1S/C12H17F3N4/c1-8-6-10(16)18-11(17-8)7-19-4-2-9(3-5-19)12(13,14)15/h6,9H,2-5,7H2,1H3,(H2,16,17,18). The number of hydrogen-bond donors (Lipinski definition) is 1. The van der Waals surface area contributed by atoms with Gasteiger partial charge in [0.15, 0.2) is 0 Å². The Kier molecular flexibility index (Phi) is 3.93. The van der Waals surface area contributed by atoms with Gasteiger partial charge in [-0.25, -0.2) is 9.97 Å². The lowest BCUT2D eigenvalue weighted by Gasteiger charge is -2.32. The van der Waals surface area contributed by atoms with Crippen LogP contribution >= 0.6 is 0 Å². The summed E-state index contributed by atoms with van der Waals surface area (Å²) in [7, 11) is 0. The van der Waals surface area contributed by atoms with Crippen LogP contribution in [0.5, 0.6) is 0 Å². The number of nitrogens with zero attached hydrogens (tertiary/aromatic N) is 3. The van der Waals surface area contributed by atoms with Crippen LogP contribution in [0.15, 0.2) is 6.07 Å². The van der Waals surface area contributed by atoms with Gasteiger partial charge in [-0.05, 0) is 32.9 Å². The van der Waals surface area contributed by atoms with Crippen LogP contribution in [0.25, 0.3) is 0 Å². The monoisotopic (exact) mass is 274 g/mol. The lowest BCUT2D eigenvalue weighted by Crippen LogP contribution is -2.38. The first-order valence-electron chi connectivity index (χ1n) is 6.23. The predicted molar refractivity (Wildman–Crippen MR) is 65.2 cm³/mol. The molecule has 1 fully saturated rings. The molecular formula is C12H17F3N4. The summed E-state index contributed by atoms with van der Waals surface area (Å²) in [5.41, 5.74) is 6.40. The Morgan fingerprint density at radius 1 is 1.32 bits per heavy atom. The highest BCUT2D eigenvalue weighted by atomic mass is 19.4. The van der Waals surface area contributed by atoms with Gasteiger partial charge in [-0.15, -0.1) is 0 Å². The minimum Gasteiger partial charge on any atom is -0.384 e. The fraction of sp³-hybridized carbons (Fsp3) is 0.667. The maximum Gasteiger partial charge on any atom is 0.391 e. The Balaban J connectivity index is 1.92. The number of halogens is 3. The van der Waals surface area contributed by atoms with Gasteiger partial charge in [-0.2, -0.15) is 13.2 Å². The van der Waals surface area contributed by atoms with Crippen molar-refractivity contribution in [2.75, 3.05) is 18.8 Å². The molecule has 0 radical (unpaired) electrons. The van der Waals surface area contributed by atoms with Gasteiger partial charge in [-0.1, -0.05) is 0 Å². The van der Waals surface area contributed by atoms with Gasteiger partial charge in [0.2, 0.25) is 0 Å². The van der Waals surface area contributed by atoms with E-state index >= 15 is 0 Å². The molecule has 19 heavy (non-hydrogen) atoms. The third-order valence-electron chi connectivity index (χ3n) is 3.34. The highest BCUT2D eigenvalue weighted by Crippen LogP contribution is 2.34. The van der Waals surface area contributed by atoms with Crippen LogP contribution in [0.4, 0.5) is 19.0 Å². The largest absolute Gasteiger partial charge is 0.391 e. The zero-order chi connectivity index (χ0) is 14.0. The Labute approximate surface area is 109 Å². The predicted octanol–water partition coefficient (Wildman–Crippen LogP) is 2.14. The number of likely N-dealkylation sites (tertiary alicyclic amines) is 1. The topological polar surface area (TPSA) is 55.0 Å². The van der Waals surface area contributed by atoms with Crippen LogP contribution in [-0.4, -0.2) is 34.1 Å². The van der Waals surface area contributed by atoms with Crippen LogP contribution < -0.4 is 5.73 Å². The van der Waals surface area contributed by atoms with Gasteiger partial charge in [0.25, 0.3) is 0 Å². The summed E-state index contributed by atoms with van der Waals surface area (Å²) in [6.45, 7) is 3.11. The van der Waals surface area contributed by atoms with Gasteiger partial charge in [0, 0.05) is 11.8 Å². The average molecular weight is 274 g/mol. The first kappa shape index (κ1) is 14.0. The van der Waals surface area contributed by atoms with E-state index in [9.17, 15) is 13.2 Å². The molecule has 0 amide bonds. The molecule has 2 rings (SSSR count). The Morgan fingerprint density at radius 2 is 1.95 bits per heavy atom. The van der Waals surface area contributed by atoms with E-state index < -0.39 is 12.1 Å². The number of nitrogen functional groups attached to an aromatic ring is 1. The van der Waals surface area contributed by atoms with E-state index in [0.29, 0.717) is 31.3 Å². The van der Waals surface area contributed by atoms with Crippen molar-refractivity contribution in [3.63, 3.8) is 0 Å². The lowest BCUT2D eigenvalue weighted by atomic mass is 9.96. The van der Waals surface area contributed by atoms with Crippen molar-refractivity contribution < 1.29 is 13.2 Å². The second kappa shape index (κ2) is 5.32. The van der Waals surface area contributed by atoms with Gasteiger partial charge < -0.3 is 5.73 Å². The summed E-state index contributed by atoms with van der Waals surface area (Å²) in [4.78, 5) is 10.3. The summed E-state index contributed by atoms with van der Waals surface area (Å²) in [6, 6.07) is 1.67. The number of anilines is 1. The molecule has 0 saturated carbocycles. The first-order chi connectivity index (χ1) is 8.84. The van der Waals surface area contributed by atoms with E-state index in [2.05, 4.69) is 9.97 Å². The highest BCUT2D eigenvalue weighted by molar-refractivity contribution is 5.29. The number of rotatable bonds is 2. The van der Waals surface area contributed by atoms with Crippen molar-refractivity contribution in [3.8, 4) is 0 Å². The fourth-order valence-electron chi connectivity index (χ4n) is 2.35. The third-order valence-corrected chi connectivity index (χ3v) is 3.34. The second-order valence-corrected chi connectivity index (χ2v) is 4.94. The van der Waals surface area contributed by atoms with Gasteiger partial charge >= 0.3 is 6.18 Å². The molecule has 1 saturated heterocycles. The summed E-state index contributed by atoms with van der Waals surface area (Å²) in [5, 5.41) is 0. The van der Waals surface area contributed by atoms with Crippen LogP contribution in [0.3, 0.4) is 0 Å². The number of aryl methyl sites for hydroxylation is 1. The molecule has 1 aliphatic rings. The van der Waals surface area contributed by atoms with Crippen molar-refractivity contribution in [1.29, 1.82) is 0 Å². The van der Waals surface area contributed by atoms with Gasteiger partial charge in [-0.3, -0.25) is 4.90 Å². The molecule has 1 aromatic heterocycles. The minimum atomic E-state index is -4.07. The Morgan fingerprint density at radius 3 is 2.47 bits per heavy atom. The third kappa shape index (κ3) is 3.79. The van der Waals surface area contributed by atoms with Crippen LogP contribution in [0.2, 0.25) is 0 Å². The van der Waals surface area contributed by atoms with E-state index in [1.807, 2.05) is 11.8 Å². The number of alkyl halides is 3. The van der Waals surface area contributed by atoms with Gasteiger partial charge in [0.1, 0.15) is 11.6 Å². The van der Waals surface area contributed by atoms with Crippen molar-refractivity contribution in [3.05, 3.63) is 17.6 Å². The molecule has 2 N–H and O–H groups in total. The molecule has 0 bridgehead atoms. The molecule has 0 atom stereocenters. The fourth-order valence-corrected chi connectivity index (χ4v) is 2.35. The van der Waals surface area contributed by atoms with Crippen molar-refractivity contribution in [2.45, 2.75) is 32.5 Å². The molecule has 106 valence electrons. The maximum atomic E-state index is 12.5. The van der Waals surface area contributed by atoms with E-state index in [1.165, 1.54) is 0 Å². The number of piperidine rings is 1. The van der Waals surface area contributed by atoms with Crippen molar-refractivity contribution in [2.24, 2.45) is 5.92 Å². The van der Waals surface area contributed by atoms with E-state index in [0.717, 1.165) is 5.69 Å². The second-order valence-electron chi connectivity index (χ2n) is 4.94. The van der Waals surface area contributed by atoms with Gasteiger partial charge in [0.05, 0.1) is 12.5 Å². The van der Waals surface area contributed by atoms with Crippen molar-refractivity contribution >= 4 is 5.82 Å². The average Bonchev–Trinajstić information content (AvgIpc) is 2.26. The van der Waals surface area contributed by atoms with E-state index in [1.54, 1.807) is 6.07 Å². The molecular weight excluding hydrogens is 257 g/mol. The molecule has 0 spiro atoms. The molecule has 1 aliphatic heterocycles. The smallest absolute Gasteiger partial charge is 0.384 e. The molecule has 2 heterocycles. The van der Waals surface area contributed by atoms with E-state index in [-0.39, 0.29) is 12.8 Å². The summed E-state index contributed by atoms with van der Waals surface area (Å²) < 4.78 is 37.6. The number of nitrogens with two attached hydrogens (primary N) is 1. The molecule has 0 aromatic carbocycles. The zero-order valence-corrected chi connectivity index (χ0v) is 10.7. The molecule has 0 aliphatic carbocycles. The highest BCUT2D eigenvalue weighted by Gasteiger charge is 2.41. The number of aromatic nitrogens is 2. The summed E-state index contributed by atoms with van der Waals surface area (Å²) in [6.07, 6.45) is -3.79. The van der Waals surface area contributed by atoms with Crippen molar-refractivity contribution in [1.82, 2.24) is 14.9 Å². The first-order valence-corrected chi connectivity index (χ1v) is 6.23. The quantitative estimate of drug-likeness (QED) is 0.897. The molecule has 7 heteroatoms. The Hall–Kier alpha value is -1.37. The zero-order valence-electron chi connectivity index (χ0n) is 10.7. The molecule has 0 unspecified atom stereocenters. The van der Waals surface area contributed by atoms with Crippen LogP contribution in [-0.2, 0) is 6.54 Å². The van der Waals surface area contributed by atoms with Crippen LogP contribution in [0, 0.1) is 12.8 Å². The SMILES string of the molecule is Cc1cc(N)nc(CN2CCC(C(F)(F)F)CC2)n1. The normalized spacial score (nSPS) is 18.7. The summed E-state index contributed by atoms with van der Waals surface area (Å²) >= 11 is 0. The minimum absolute atomic E-state index is 0.144. The molecule has 4 nitrogen and oxygen atoms in total. The Bertz CT molecular complexity index is 419.